The Balaban J connectivity index is 1.89. The standard InChI is InChI=1S/C19H19F5N6O2/c1-2-10-7-25-3-4-30(10)12-6-9(19(22,23)24)5-11(28-12)14-13-15(16(20)21)32-18(31)29-17(13)27-8-26-14/h5-6,8,10,15-16,25H,2-4,7H2,1H3,(H,26,27,29,31)/t10-,15-/m1/s1. The van der Waals surface area contributed by atoms with Crippen LogP contribution in [0.4, 0.5) is 38.4 Å². The lowest BCUT2D eigenvalue weighted by atomic mass is 10.0. The van der Waals surface area contributed by atoms with Gasteiger partial charge in [-0.05, 0) is 18.6 Å². The topological polar surface area (TPSA) is 92.3 Å². The molecule has 13 heteroatoms. The first kappa shape index (κ1) is 22.1. The second-order valence-corrected chi connectivity index (χ2v) is 7.33. The van der Waals surface area contributed by atoms with E-state index in [0.29, 0.717) is 26.1 Å². The van der Waals surface area contributed by atoms with Crippen molar-refractivity contribution in [2.24, 2.45) is 0 Å². The summed E-state index contributed by atoms with van der Waals surface area (Å²) in [4.78, 5) is 25.4. The number of cyclic esters (lactones) is 1. The van der Waals surface area contributed by atoms with Crippen LogP contribution >= 0.6 is 0 Å². The van der Waals surface area contributed by atoms with Gasteiger partial charge in [0.05, 0.1) is 16.8 Å². The molecule has 8 nitrogen and oxygen atoms in total. The van der Waals surface area contributed by atoms with Crippen molar-refractivity contribution in [3.05, 3.63) is 29.6 Å². The van der Waals surface area contributed by atoms with Gasteiger partial charge in [0.2, 0.25) is 0 Å². The summed E-state index contributed by atoms with van der Waals surface area (Å²) in [5.74, 6) is -0.198. The average Bonchev–Trinajstić information content (AvgIpc) is 2.77. The van der Waals surface area contributed by atoms with Crippen LogP contribution in [-0.2, 0) is 10.9 Å². The molecule has 2 aliphatic heterocycles. The fourth-order valence-electron chi connectivity index (χ4n) is 3.82. The molecular weight excluding hydrogens is 439 g/mol. The Morgan fingerprint density at radius 3 is 2.75 bits per heavy atom. The quantitative estimate of drug-likeness (QED) is 0.677. The molecule has 0 aromatic carbocycles. The minimum Gasteiger partial charge on any atom is -0.435 e. The van der Waals surface area contributed by atoms with E-state index >= 15 is 0 Å². The summed E-state index contributed by atoms with van der Waals surface area (Å²) >= 11 is 0. The van der Waals surface area contributed by atoms with E-state index < -0.39 is 30.4 Å². The summed E-state index contributed by atoms with van der Waals surface area (Å²) in [6.45, 7) is 3.46. The molecule has 0 unspecified atom stereocenters. The highest BCUT2D eigenvalue weighted by Crippen LogP contribution is 2.41. The number of fused-ring (bicyclic) bond motifs is 1. The van der Waals surface area contributed by atoms with Crippen LogP contribution in [0, 0.1) is 0 Å². The van der Waals surface area contributed by atoms with E-state index in [1.165, 1.54) is 0 Å². The molecule has 172 valence electrons. The third-order valence-corrected chi connectivity index (χ3v) is 5.35. The molecule has 32 heavy (non-hydrogen) atoms. The van der Waals surface area contributed by atoms with E-state index in [1.54, 1.807) is 4.90 Å². The number of halogens is 5. The largest absolute Gasteiger partial charge is 0.435 e. The smallest absolute Gasteiger partial charge is 0.416 e. The van der Waals surface area contributed by atoms with Gasteiger partial charge in [0.15, 0.2) is 6.10 Å². The predicted molar refractivity (Wildman–Crippen MR) is 103 cm³/mol. The summed E-state index contributed by atoms with van der Waals surface area (Å²) in [5.41, 5.74) is -1.86. The molecule has 0 spiro atoms. The number of anilines is 2. The van der Waals surface area contributed by atoms with Gasteiger partial charge < -0.3 is 15.0 Å². The van der Waals surface area contributed by atoms with Gasteiger partial charge in [-0.1, -0.05) is 6.92 Å². The molecule has 1 fully saturated rings. The first-order valence-corrected chi connectivity index (χ1v) is 9.86. The van der Waals surface area contributed by atoms with Crippen molar-refractivity contribution < 1.29 is 31.5 Å². The normalized spacial score (nSPS) is 21.2. The van der Waals surface area contributed by atoms with Crippen molar-refractivity contribution in [1.29, 1.82) is 0 Å². The molecule has 2 aliphatic rings. The van der Waals surface area contributed by atoms with E-state index in [1.807, 2.05) is 6.92 Å². The number of nitrogens with zero attached hydrogens (tertiary/aromatic N) is 4. The molecule has 2 aromatic heterocycles. The monoisotopic (exact) mass is 458 g/mol. The van der Waals surface area contributed by atoms with Gasteiger partial charge in [-0.2, -0.15) is 13.2 Å². The zero-order chi connectivity index (χ0) is 23.0. The number of pyridine rings is 1. The molecule has 0 saturated carbocycles. The van der Waals surface area contributed by atoms with E-state index in [2.05, 4.69) is 30.3 Å². The maximum absolute atomic E-state index is 13.7. The summed E-state index contributed by atoms with van der Waals surface area (Å²) in [6, 6.07) is 1.59. The Morgan fingerprint density at radius 2 is 2.06 bits per heavy atom. The minimum absolute atomic E-state index is 0.0601. The van der Waals surface area contributed by atoms with Crippen molar-refractivity contribution in [1.82, 2.24) is 20.3 Å². The van der Waals surface area contributed by atoms with Gasteiger partial charge >= 0.3 is 12.3 Å². The number of ether oxygens (including phenoxy) is 1. The van der Waals surface area contributed by atoms with Gasteiger partial charge in [0.1, 0.15) is 23.7 Å². The van der Waals surface area contributed by atoms with Gasteiger partial charge in [-0.3, -0.25) is 5.32 Å². The fraction of sp³-hybridized carbons (Fsp3) is 0.474. The summed E-state index contributed by atoms with van der Waals surface area (Å²) in [5, 5.41) is 5.37. The molecule has 1 saturated heterocycles. The van der Waals surface area contributed by atoms with Crippen molar-refractivity contribution in [3.8, 4) is 11.4 Å². The highest BCUT2D eigenvalue weighted by molar-refractivity contribution is 5.88. The Hall–Kier alpha value is -3.09. The zero-order valence-electron chi connectivity index (χ0n) is 16.8. The number of hydrogen-bond donors (Lipinski definition) is 2. The zero-order valence-corrected chi connectivity index (χ0v) is 16.8. The second kappa shape index (κ2) is 8.45. The van der Waals surface area contributed by atoms with Crippen LogP contribution in [-0.4, -0.2) is 53.1 Å². The Kier molecular flexibility index (Phi) is 5.84. The van der Waals surface area contributed by atoms with E-state index in [4.69, 9.17) is 0 Å². The lowest BCUT2D eigenvalue weighted by molar-refractivity contribution is -0.137. The average molecular weight is 458 g/mol. The lowest BCUT2D eigenvalue weighted by Crippen LogP contribution is -2.51. The highest BCUT2D eigenvalue weighted by atomic mass is 19.4. The predicted octanol–water partition coefficient (Wildman–Crippen LogP) is 3.61. The van der Waals surface area contributed by atoms with Crippen molar-refractivity contribution in [3.63, 3.8) is 0 Å². The van der Waals surface area contributed by atoms with Gasteiger partial charge in [-0.15, -0.1) is 0 Å². The SMILES string of the molecule is CC[C@@H]1CNCCN1c1cc(C(F)(F)F)cc(-c2ncnc3c2[C@H](C(F)F)OC(=O)N3)n1. The van der Waals surface area contributed by atoms with Crippen LogP contribution in [0.15, 0.2) is 18.5 Å². The minimum atomic E-state index is -4.71. The van der Waals surface area contributed by atoms with Gasteiger partial charge in [-0.25, -0.2) is 28.5 Å². The lowest BCUT2D eigenvalue weighted by Gasteiger charge is -2.37. The molecule has 1 amide bonds. The summed E-state index contributed by atoms with van der Waals surface area (Å²) in [6.07, 6.45) is -9.41. The number of hydrogen-bond acceptors (Lipinski definition) is 7. The summed E-state index contributed by atoms with van der Waals surface area (Å²) < 4.78 is 73.1. The Morgan fingerprint density at radius 1 is 1.28 bits per heavy atom. The van der Waals surface area contributed by atoms with Crippen LogP contribution in [0.5, 0.6) is 0 Å². The number of carbonyl (C=O) groups excluding carboxylic acids is 1. The molecule has 0 radical (unpaired) electrons. The number of amides is 1. The Labute approximate surface area is 179 Å². The van der Waals surface area contributed by atoms with Gasteiger partial charge in [0, 0.05) is 25.7 Å². The van der Waals surface area contributed by atoms with E-state index in [-0.39, 0.29) is 34.6 Å². The van der Waals surface area contributed by atoms with Crippen LogP contribution in [0.25, 0.3) is 11.4 Å². The van der Waals surface area contributed by atoms with Gasteiger partial charge in [0.25, 0.3) is 6.43 Å². The molecule has 2 N–H and O–H groups in total. The first-order valence-electron chi connectivity index (χ1n) is 9.86. The fourth-order valence-corrected chi connectivity index (χ4v) is 3.82. The van der Waals surface area contributed by atoms with E-state index in [0.717, 1.165) is 18.5 Å². The number of piperazine rings is 1. The summed E-state index contributed by atoms with van der Waals surface area (Å²) in [7, 11) is 0. The first-order chi connectivity index (χ1) is 15.2. The number of aromatic nitrogens is 3. The molecule has 2 aromatic rings. The van der Waals surface area contributed by atoms with Crippen molar-refractivity contribution in [2.75, 3.05) is 29.9 Å². The van der Waals surface area contributed by atoms with E-state index in [9.17, 15) is 26.7 Å². The number of nitrogens with one attached hydrogen (secondary N) is 2. The third-order valence-electron chi connectivity index (χ3n) is 5.35. The number of rotatable bonds is 4. The Bertz CT molecular complexity index is 1020. The number of carbonyl (C=O) groups is 1. The molecule has 0 aliphatic carbocycles. The van der Waals surface area contributed by atoms with Crippen LogP contribution in [0.2, 0.25) is 0 Å². The van der Waals surface area contributed by atoms with Crippen LogP contribution < -0.4 is 15.5 Å². The molecular formula is C19H19F5N6O2. The third kappa shape index (κ3) is 4.16. The number of alkyl halides is 5. The maximum Gasteiger partial charge on any atom is 0.416 e. The van der Waals surface area contributed by atoms with Crippen LogP contribution in [0.3, 0.4) is 0 Å². The second-order valence-electron chi connectivity index (χ2n) is 7.33. The van der Waals surface area contributed by atoms with Crippen molar-refractivity contribution in [2.45, 2.75) is 38.1 Å². The maximum atomic E-state index is 13.7. The van der Waals surface area contributed by atoms with Crippen LogP contribution in [0.1, 0.15) is 30.6 Å². The molecule has 4 rings (SSSR count). The molecule has 0 bridgehead atoms. The molecule has 4 heterocycles. The van der Waals surface area contributed by atoms with Crippen molar-refractivity contribution >= 4 is 17.7 Å². The molecule has 2 atom stereocenters. The highest BCUT2D eigenvalue weighted by Gasteiger charge is 2.39.